The van der Waals surface area contributed by atoms with Crippen molar-refractivity contribution in [3.63, 3.8) is 0 Å². The van der Waals surface area contributed by atoms with Gasteiger partial charge in [-0.25, -0.2) is 9.59 Å². The predicted molar refractivity (Wildman–Crippen MR) is 146 cm³/mol. The number of carbonyl (C=O) groups excluding carboxylic acids is 1. The highest BCUT2D eigenvalue weighted by Crippen LogP contribution is 2.28. The number of benzene rings is 1. The van der Waals surface area contributed by atoms with Crippen LogP contribution in [0.15, 0.2) is 24.3 Å². The molecule has 4 heteroatoms. The van der Waals surface area contributed by atoms with Gasteiger partial charge in [-0.2, -0.15) is 0 Å². The lowest BCUT2D eigenvalue weighted by Crippen LogP contribution is -2.22. The summed E-state index contributed by atoms with van der Waals surface area (Å²) in [5.41, 5.74) is 0.431. The number of rotatable bonds is 19. The van der Waals surface area contributed by atoms with Crippen LogP contribution in [0.1, 0.15) is 152 Å². The number of hydrogen-bond acceptors (Lipinski definition) is 3. The molecule has 1 aromatic carbocycles. The molecule has 0 fully saturated rings. The van der Waals surface area contributed by atoms with Gasteiger partial charge < -0.3 is 9.84 Å². The number of aromatic carboxylic acids is 1. The Hall–Kier alpha value is -1.84. The smallest absolute Gasteiger partial charge is 0.339 e. The van der Waals surface area contributed by atoms with Crippen molar-refractivity contribution in [2.45, 2.75) is 137 Å². The molecule has 0 aliphatic heterocycles. The van der Waals surface area contributed by atoms with Crippen molar-refractivity contribution in [2.75, 3.05) is 0 Å². The average molecular weight is 489 g/mol. The van der Waals surface area contributed by atoms with Crippen molar-refractivity contribution in [3.05, 3.63) is 35.4 Å². The van der Waals surface area contributed by atoms with Crippen molar-refractivity contribution in [1.29, 1.82) is 0 Å². The van der Waals surface area contributed by atoms with E-state index in [0.717, 1.165) is 38.5 Å². The first-order valence-corrected chi connectivity index (χ1v) is 14.2. The van der Waals surface area contributed by atoms with Crippen molar-refractivity contribution in [2.24, 2.45) is 11.3 Å². The summed E-state index contributed by atoms with van der Waals surface area (Å²) in [4.78, 5) is 24.4. The third-order valence-electron chi connectivity index (χ3n) is 6.72. The van der Waals surface area contributed by atoms with Gasteiger partial charge in [0.2, 0.25) is 0 Å². The van der Waals surface area contributed by atoms with Crippen molar-refractivity contribution in [3.8, 4) is 0 Å². The van der Waals surface area contributed by atoms with E-state index in [9.17, 15) is 14.7 Å². The van der Waals surface area contributed by atoms with Crippen LogP contribution < -0.4 is 0 Å². The molecule has 2 atom stereocenters. The van der Waals surface area contributed by atoms with Gasteiger partial charge >= 0.3 is 11.9 Å². The molecule has 1 aromatic rings. The fourth-order valence-corrected chi connectivity index (χ4v) is 4.98. The second kappa shape index (κ2) is 17.6. The van der Waals surface area contributed by atoms with E-state index in [1.807, 2.05) is 0 Å². The van der Waals surface area contributed by atoms with Gasteiger partial charge in [-0.05, 0) is 55.6 Å². The van der Waals surface area contributed by atoms with Gasteiger partial charge in [0.25, 0.3) is 0 Å². The molecule has 0 radical (unpaired) electrons. The lowest BCUT2D eigenvalue weighted by Gasteiger charge is -2.25. The Morgan fingerprint density at radius 3 is 1.83 bits per heavy atom. The van der Waals surface area contributed by atoms with Crippen molar-refractivity contribution < 1.29 is 19.4 Å². The largest absolute Gasteiger partial charge is 0.478 e. The highest BCUT2D eigenvalue weighted by Gasteiger charge is 2.22. The maximum Gasteiger partial charge on any atom is 0.339 e. The lowest BCUT2D eigenvalue weighted by molar-refractivity contribution is 0.0231. The normalized spacial score (nSPS) is 13.4. The molecule has 1 N–H and O–H groups in total. The molecule has 0 spiro atoms. The molecular weight excluding hydrogens is 436 g/mol. The van der Waals surface area contributed by atoms with Gasteiger partial charge in [-0.1, -0.05) is 111 Å². The Bertz CT molecular complexity index is 719. The first-order chi connectivity index (χ1) is 16.6. The zero-order valence-corrected chi connectivity index (χ0v) is 23.2. The van der Waals surface area contributed by atoms with Crippen LogP contribution in [0.25, 0.3) is 0 Å². The summed E-state index contributed by atoms with van der Waals surface area (Å²) >= 11 is 0. The van der Waals surface area contributed by atoms with Crippen molar-refractivity contribution >= 4 is 11.9 Å². The van der Waals surface area contributed by atoms with Crippen molar-refractivity contribution in [1.82, 2.24) is 0 Å². The van der Waals surface area contributed by atoms with Gasteiger partial charge in [-0.3, -0.25) is 0 Å². The molecule has 200 valence electrons. The van der Waals surface area contributed by atoms with Crippen LogP contribution >= 0.6 is 0 Å². The first kappa shape index (κ1) is 31.2. The van der Waals surface area contributed by atoms with Gasteiger partial charge in [0.05, 0.1) is 11.1 Å². The molecular formula is C31H52O4. The van der Waals surface area contributed by atoms with Gasteiger partial charge in [0.1, 0.15) is 6.10 Å². The minimum Gasteiger partial charge on any atom is -0.478 e. The van der Waals surface area contributed by atoms with Gasteiger partial charge in [0, 0.05) is 0 Å². The SMILES string of the molecule is CCCCCCCCCCCCCC(CCC(C)CC(C)(C)C)OC(=O)c1ccccc1C(=O)O. The van der Waals surface area contributed by atoms with E-state index in [1.165, 1.54) is 63.9 Å². The van der Waals surface area contributed by atoms with Crippen LogP contribution in [0.5, 0.6) is 0 Å². The molecule has 35 heavy (non-hydrogen) atoms. The number of unbranched alkanes of at least 4 members (excludes halogenated alkanes) is 10. The van der Waals surface area contributed by atoms with Crippen LogP contribution in [0.4, 0.5) is 0 Å². The fourth-order valence-electron chi connectivity index (χ4n) is 4.98. The molecule has 1 rings (SSSR count). The number of carbonyl (C=O) groups is 2. The van der Waals surface area contributed by atoms with E-state index in [1.54, 1.807) is 18.2 Å². The fraction of sp³-hybridized carbons (Fsp3) is 0.742. The van der Waals surface area contributed by atoms with Crippen LogP contribution in [-0.4, -0.2) is 23.1 Å². The summed E-state index contributed by atoms with van der Waals surface area (Å²) in [5, 5.41) is 9.44. The molecule has 0 saturated carbocycles. The maximum absolute atomic E-state index is 12.9. The molecule has 0 aliphatic carbocycles. The maximum atomic E-state index is 12.9. The molecule has 0 bridgehead atoms. The highest BCUT2D eigenvalue weighted by atomic mass is 16.5. The van der Waals surface area contributed by atoms with E-state index >= 15 is 0 Å². The van der Waals surface area contributed by atoms with Crippen LogP contribution in [-0.2, 0) is 4.74 Å². The summed E-state index contributed by atoms with van der Waals surface area (Å²) in [6.45, 7) is 11.3. The van der Waals surface area contributed by atoms with Crippen LogP contribution in [0.2, 0.25) is 0 Å². The second-order valence-electron chi connectivity index (χ2n) is 11.6. The minimum absolute atomic E-state index is 0.00652. The number of carboxylic acids is 1. The Labute approximate surface area is 215 Å². The monoisotopic (exact) mass is 488 g/mol. The molecule has 2 unspecified atom stereocenters. The Morgan fingerprint density at radius 2 is 1.31 bits per heavy atom. The molecule has 0 saturated heterocycles. The number of hydrogen-bond donors (Lipinski definition) is 1. The summed E-state index contributed by atoms with van der Waals surface area (Å²) < 4.78 is 5.90. The topological polar surface area (TPSA) is 63.6 Å². The summed E-state index contributed by atoms with van der Waals surface area (Å²) in [6.07, 6.45) is 17.8. The van der Waals surface area contributed by atoms with Gasteiger partial charge in [-0.15, -0.1) is 0 Å². The second-order valence-corrected chi connectivity index (χ2v) is 11.6. The summed E-state index contributed by atoms with van der Waals surface area (Å²) in [6, 6.07) is 6.33. The van der Waals surface area contributed by atoms with E-state index in [2.05, 4.69) is 34.6 Å². The number of carboxylic acid groups (broad SMARTS) is 1. The van der Waals surface area contributed by atoms with E-state index < -0.39 is 11.9 Å². The van der Waals surface area contributed by atoms with Crippen LogP contribution in [0, 0.1) is 11.3 Å². The first-order valence-electron chi connectivity index (χ1n) is 14.2. The Kier molecular flexibility index (Phi) is 15.7. The molecule has 0 aliphatic rings. The summed E-state index contributed by atoms with van der Waals surface area (Å²) in [7, 11) is 0. The molecule has 0 aromatic heterocycles. The van der Waals surface area contributed by atoms with E-state index in [-0.39, 0.29) is 22.6 Å². The third-order valence-corrected chi connectivity index (χ3v) is 6.72. The third kappa shape index (κ3) is 15.0. The standard InChI is InChI=1S/C31H52O4/c1-6-7-8-9-10-11-12-13-14-15-16-19-26(23-22-25(2)24-31(3,4)5)35-30(34)28-21-18-17-20-27(28)29(32)33/h17-18,20-21,25-26H,6-16,19,22-24H2,1-5H3,(H,32,33). The van der Waals surface area contributed by atoms with Crippen LogP contribution in [0.3, 0.4) is 0 Å². The number of ether oxygens (including phenoxy) is 1. The zero-order valence-electron chi connectivity index (χ0n) is 23.2. The molecule has 0 heterocycles. The van der Waals surface area contributed by atoms with E-state index in [4.69, 9.17) is 4.74 Å². The van der Waals surface area contributed by atoms with E-state index in [0.29, 0.717) is 5.92 Å². The lowest BCUT2D eigenvalue weighted by atomic mass is 9.83. The molecule has 0 amide bonds. The number of esters is 1. The molecule has 4 nitrogen and oxygen atoms in total. The Morgan fingerprint density at radius 1 is 0.800 bits per heavy atom. The average Bonchev–Trinajstić information content (AvgIpc) is 2.79. The van der Waals surface area contributed by atoms with Gasteiger partial charge in [0.15, 0.2) is 0 Å². The highest BCUT2D eigenvalue weighted by molar-refractivity contribution is 6.02. The quantitative estimate of drug-likeness (QED) is 0.155. The zero-order chi connectivity index (χ0) is 26.1. The Balaban J connectivity index is 2.52. The minimum atomic E-state index is -1.10. The summed E-state index contributed by atoms with van der Waals surface area (Å²) in [5.74, 6) is -1.06. The predicted octanol–water partition coefficient (Wildman–Crippen LogP) is 9.46.